The summed E-state index contributed by atoms with van der Waals surface area (Å²) in [5.41, 5.74) is 0. The van der Waals surface area contributed by atoms with E-state index in [-0.39, 0.29) is 18.5 Å². The van der Waals surface area contributed by atoms with Crippen LogP contribution in [0.15, 0.2) is 0 Å². The molecule has 0 aromatic carbocycles. The van der Waals surface area contributed by atoms with E-state index in [2.05, 4.69) is 44.4 Å². The van der Waals surface area contributed by atoms with Crippen molar-refractivity contribution in [1.29, 1.82) is 0 Å². The first kappa shape index (κ1) is 57.8. The maximum Gasteiger partial charge on any atom is 0.305 e. The lowest BCUT2D eigenvalue weighted by Crippen LogP contribution is -2.38. The fourth-order valence-corrected chi connectivity index (χ4v) is 8.37. The van der Waals surface area contributed by atoms with E-state index in [0.29, 0.717) is 37.9 Å². The van der Waals surface area contributed by atoms with Crippen LogP contribution in [0.25, 0.3) is 0 Å². The number of carbonyl (C=O) groups is 2. The van der Waals surface area contributed by atoms with E-state index in [4.69, 9.17) is 9.47 Å². The normalized spacial score (nSPS) is 12.7. The Morgan fingerprint density at radius 3 is 1.05 bits per heavy atom. The zero-order chi connectivity index (χ0) is 43.3. The van der Waals surface area contributed by atoms with E-state index in [1.54, 1.807) is 0 Å². The van der Waals surface area contributed by atoms with Crippen LogP contribution in [-0.4, -0.2) is 85.9 Å². The van der Waals surface area contributed by atoms with Gasteiger partial charge >= 0.3 is 11.9 Å². The summed E-state index contributed by atoms with van der Waals surface area (Å²) in [5, 5.41) is 9.66. The van der Waals surface area contributed by atoms with Crippen molar-refractivity contribution in [2.24, 2.45) is 11.8 Å². The van der Waals surface area contributed by atoms with Gasteiger partial charge in [-0.1, -0.05) is 182 Å². The zero-order valence-corrected chi connectivity index (χ0v) is 40.5. The molecule has 0 aliphatic rings. The quantitative estimate of drug-likeness (QED) is 0.0483. The molecule has 7 nitrogen and oxygen atoms in total. The number of ether oxygens (including phenoxy) is 2. The van der Waals surface area contributed by atoms with E-state index in [0.717, 1.165) is 90.6 Å². The first-order valence-corrected chi connectivity index (χ1v) is 26.3. The molecule has 0 heterocycles. The van der Waals surface area contributed by atoms with Crippen molar-refractivity contribution < 1.29 is 24.2 Å². The highest BCUT2D eigenvalue weighted by Crippen LogP contribution is 2.21. The molecular weight excluding hydrogens is 733 g/mol. The molecule has 0 saturated carbocycles. The molecule has 0 aliphatic heterocycles. The summed E-state index contributed by atoms with van der Waals surface area (Å²) in [7, 11) is 0. The van der Waals surface area contributed by atoms with Gasteiger partial charge in [0.05, 0.1) is 19.8 Å². The van der Waals surface area contributed by atoms with E-state index >= 15 is 0 Å². The first-order valence-electron chi connectivity index (χ1n) is 26.3. The summed E-state index contributed by atoms with van der Waals surface area (Å²) in [5.74, 6) is 0.998. The number of aliphatic hydroxyl groups is 1. The highest BCUT2D eigenvalue weighted by molar-refractivity contribution is 5.69. The van der Waals surface area contributed by atoms with Crippen molar-refractivity contribution in [3.63, 3.8) is 0 Å². The van der Waals surface area contributed by atoms with Gasteiger partial charge in [0, 0.05) is 32.5 Å². The number of esters is 2. The van der Waals surface area contributed by atoms with Gasteiger partial charge in [-0.3, -0.25) is 14.5 Å². The molecule has 59 heavy (non-hydrogen) atoms. The Morgan fingerprint density at radius 1 is 0.373 bits per heavy atom. The van der Waals surface area contributed by atoms with E-state index in [9.17, 15) is 14.7 Å². The van der Waals surface area contributed by atoms with E-state index in [1.165, 1.54) is 154 Å². The average molecular weight is 837 g/mol. The molecule has 0 amide bonds. The number of hydrogen-bond donors (Lipinski definition) is 1. The minimum atomic E-state index is -0.0160. The Labute approximate surface area is 368 Å². The average Bonchev–Trinajstić information content (AvgIpc) is 3.24. The van der Waals surface area contributed by atoms with Crippen LogP contribution in [0.4, 0.5) is 0 Å². The van der Waals surface area contributed by atoms with Gasteiger partial charge in [-0.15, -0.1) is 0 Å². The number of unbranched alkanes of at least 4 members (excludes halogenated alkanes) is 21. The Balaban J connectivity index is 4.76. The van der Waals surface area contributed by atoms with E-state index < -0.39 is 0 Å². The largest absolute Gasteiger partial charge is 0.465 e. The molecule has 0 radical (unpaired) electrons. The van der Waals surface area contributed by atoms with Crippen LogP contribution < -0.4 is 0 Å². The van der Waals surface area contributed by atoms with Crippen LogP contribution in [0.5, 0.6) is 0 Å². The van der Waals surface area contributed by atoms with Gasteiger partial charge in [0.25, 0.3) is 0 Å². The zero-order valence-electron chi connectivity index (χ0n) is 40.5. The summed E-state index contributed by atoms with van der Waals surface area (Å²) >= 11 is 0. The molecule has 0 aromatic rings. The van der Waals surface area contributed by atoms with Crippen LogP contribution >= 0.6 is 0 Å². The lowest BCUT2D eigenvalue weighted by atomic mass is 9.95. The van der Waals surface area contributed by atoms with Crippen molar-refractivity contribution >= 4 is 11.9 Å². The number of nitrogens with zero attached hydrogens (tertiary/aromatic N) is 2. The third kappa shape index (κ3) is 40.6. The molecule has 7 heteroatoms. The summed E-state index contributed by atoms with van der Waals surface area (Å²) in [6.45, 7) is 18.5. The first-order chi connectivity index (χ1) is 28.9. The fraction of sp³-hybridized carbons (Fsp3) is 0.962. The highest BCUT2D eigenvalue weighted by Gasteiger charge is 2.15. The summed E-state index contributed by atoms with van der Waals surface area (Å²) in [6, 6.07) is 0. The standard InChI is InChI=1S/C52H104N2O5/c1-6-11-16-20-22-28-36-49(34-26-18-13-8-3)47-58-51(56)38-30-24-32-41-53(43-44-54(45-46-55)40-15-10-5)42-33-25-31-39-52(57)59-48-50(35-27-19-14-9-4)37-29-23-21-17-12-7-2/h49-50,55H,6-48H2,1-5H3. The van der Waals surface area contributed by atoms with Crippen LogP contribution in [0.1, 0.15) is 253 Å². The number of rotatable bonds is 48. The van der Waals surface area contributed by atoms with E-state index in [1.807, 2.05) is 0 Å². The third-order valence-electron chi connectivity index (χ3n) is 12.5. The molecule has 0 saturated heterocycles. The predicted octanol–water partition coefficient (Wildman–Crippen LogP) is 14.3. The molecule has 0 fully saturated rings. The molecule has 0 spiro atoms. The second-order valence-corrected chi connectivity index (χ2v) is 18.3. The summed E-state index contributed by atoms with van der Waals surface area (Å²) in [6.07, 6.45) is 40.1. The van der Waals surface area contributed by atoms with Gasteiger partial charge < -0.3 is 19.5 Å². The van der Waals surface area contributed by atoms with Gasteiger partial charge in [-0.05, 0) is 89.3 Å². The SMILES string of the molecule is CCCCCCCCC(CCCCCC)COC(=O)CCCCCN(CCCCCC(=O)OCC(CCCCCC)CCCCCCCC)CCN(CCO)CCCC. The topological polar surface area (TPSA) is 79.3 Å². The second kappa shape index (κ2) is 46.3. The molecule has 0 aromatic heterocycles. The van der Waals surface area contributed by atoms with Crippen molar-refractivity contribution in [2.75, 3.05) is 59.1 Å². The van der Waals surface area contributed by atoms with Crippen LogP contribution in [0.2, 0.25) is 0 Å². The fourth-order valence-electron chi connectivity index (χ4n) is 8.37. The van der Waals surface area contributed by atoms with Crippen LogP contribution in [-0.2, 0) is 19.1 Å². The second-order valence-electron chi connectivity index (χ2n) is 18.3. The maximum absolute atomic E-state index is 12.8. The van der Waals surface area contributed by atoms with Gasteiger partial charge in [0.1, 0.15) is 0 Å². The van der Waals surface area contributed by atoms with Gasteiger partial charge in [0.15, 0.2) is 0 Å². The van der Waals surface area contributed by atoms with Crippen molar-refractivity contribution in [3.05, 3.63) is 0 Å². The summed E-state index contributed by atoms with van der Waals surface area (Å²) < 4.78 is 11.7. The van der Waals surface area contributed by atoms with Crippen molar-refractivity contribution in [1.82, 2.24) is 9.80 Å². The molecule has 1 N–H and O–H groups in total. The minimum Gasteiger partial charge on any atom is -0.465 e. The number of aliphatic hydroxyl groups excluding tert-OH is 1. The van der Waals surface area contributed by atoms with Crippen molar-refractivity contribution in [2.45, 2.75) is 253 Å². The van der Waals surface area contributed by atoms with Crippen molar-refractivity contribution in [3.8, 4) is 0 Å². The lowest BCUT2D eigenvalue weighted by Gasteiger charge is -2.27. The van der Waals surface area contributed by atoms with Crippen LogP contribution in [0, 0.1) is 11.8 Å². The molecule has 2 unspecified atom stereocenters. The Kier molecular flexibility index (Phi) is 45.4. The minimum absolute atomic E-state index is 0.0160. The molecule has 352 valence electrons. The van der Waals surface area contributed by atoms with Gasteiger partial charge in [-0.25, -0.2) is 0 Å². The number of carbonyl (C=O) groups excluding carboxylic acids is 2. The smallest absolute Gasteiger partial charge is 0.305 e. The van der Waals surface area contributed by atoms with Gasteiger partial charge in [0.2, 0.25) is 0 Å². The Morgan fingerprint density at radius 2 is 0.678 bits per heavy atom. The molecule has 0 bridgehead atoms. The summed E-state index contributed by atoms with van der Waals surface area (Å²) in [4.78, 5) is 30.5. The molecule has 0 aliphatic carbocycles. The lowest BCUT2D eigenvalue weighted by molar-refractivity contribution is -0.146. The molecule has 0 rings (SSSR count). The molecule has 2 atom stereocenters. The Hall–Kier alpha value is -1.18. The predicted molar refractivity (Wildman–Crippen MR) is 254 cm³/mol. The highest BCUT2D eigenvalue weighted by atomic mass is 16.5. The van der Waals surface area contributed by atoms with Gasteiger partial charge in [-0.2, -0.15) is 0 Å². The molecular formula is C52H104N2O5. The Bertz CT molecular complexity index is 814. The third-order valence-corrected chi connectivity index (χ3v) is 12.5. The maximum atomic E-state index is 12.8. The number of hydrogen-bond acceptors (Lipinski definition) is 7. The van der Waals surface area contributed by atoms with Crippen LogP contribution in [0.3, 0.4) is 0 Å². The monoisotopic (exact) mass is 837 g/mol.